The van der Waals surface area contributed by atoms with Crippen LogP contribution in [0.2, 0.25) is 0 Å². The highest BCUT2D eigenvalue weighted by Gasteiger charge is 2.36. The van der Waals surface area contributed by atoms with Gasteiger partial charge in [0.1, 0.15) is 6.07 Å². The fourth-order valence-corrected chi connectivity index (χ4v) is 1.39. The minimum atomic E-state index is -4.97. The fourth-order valence-electron chi connectivity index (χ4n) is 1.39. The molecule has 0 aromatic heterocycles. The summed E-state index contributed by atoms with van der Waals surface area (Å²) in [5.74, 6) is -0.785. The Bertz CT molecular complexity index is 527. The molecule has 1 aromatic carbocycles. The van der Waals surface area contributed by atoms with Gasteiger partial charge in [-0.05, 0) is 19.1 Å². The van der Waals surface area contributed by atoms with Gasteiger partial charge in [-0.15, -0.1) is 0 Å². The number of benzene rings is 1. The van der Waals surface area contributed by atoms with E-state index in [1.165, 1.54) is 0 Å². The summed E-state index contributed by atoms with van der Waals surface area (Å²) in [5.41, 5.74) is -4.26. The number of Topliss-reactive ketones (excluding diaryl/α,β-unsaturated/α-hetero) is 1. The van der Waals surface area contributed by atoms with E-state index in [9.17, 15) is 26.7 Å². The van der Waals surface area contributed by atoms with Gasteiger partial charge in [-0.2, -0.15) is 18.4 Å². The van der Waals surface area contributed by atoms with E-state index in [4.69, 9.17) is 5.26 Å². The zero-order valence-electron chi connectivity index (χ0n) is 8.98. The molecule has 7 heteroatoms. The van der Waals surface area contributed by atoms with Crippen LogP contribution in [0.4, 0.5) is 22.0 Å². The first-order valence-corrected chi connectivity index (χ1v) is 4.62. The molecule has 0 saturated carbocycles. The molecule has 0 aliphatic carbocycles. The molecular formula is C11H6F5NO. The second-order valence-electron chi connectivity index (χ2n) is 3.45. The number of halogens is 5. The van der Waals surface area contributed by atoms with Gasteiger partial charge in [0.05, 0.1) is 11.1 Å². The molecule has 2 nitrogen and oxygen atoms in total. The number of hydrogen-bond acceptors (Lipinski definition) is 2. The molecule has 0 bridgehead atoms. The van der Waals surface area contributed by atoms with Crippen molar-refractivity contribution in [2.24, 2.45) is 0 Å². The third kappa shape index (κ3) is 2.64. The van der Waals surface area contributed by atoms with Gasteiger partial charge in [-0.3, -0.25) is 4.79 Å². The summed E-state index contributed by atoms with van der Waals surface area (Å²) in [4.78, 5) is 11.0. The molecule has 0 saturated heterocycles. The number of ketones is 1. The minimum Gasteiger partial charge on any atom is -0.295 e. The van der Waals surface area contributed by atoms with E-state index in [0.717, 1.165) is 13.0 Å². The van der Waals surface area contributed by atoms with E-state index in [1.54, 1.807) is 0 Å². The molecule has 0 aliphatic heterocycles. The topological polar surface area (TPSA) is 40.9 Å². The molecule has 0 unspecified atom stereocenters. The summed E-state index contributed by atoms with van der Waals surface area (Å²) in [5, 5.41) is 8.57. The normalized spacial score (nSPS) is 11.4. The van der Waals surface area contributed by atoms with E-state index in [0.29, 0.717) is 12.1 Å². The predicted molar refractivity (Wildman–Crippen MR) is 51.1 cm³/mol. The third-order valence-corrected chi connectivity index (χ3v) is 2.23. The molecule has 0 atom stereocenters. The number of hydrogen-bond donors (Lipinski definition) is 0. The average Bonchev–Trinajstić information content (AvgIpc) is 2.25. The summed E-state index contributed by atoms with van der Waals surface area (Å²) < 4.78 is 63.0. The Morgan fingerprint density at radius 3 is 2.22 bits per heavy atom. The van der Waals surface area contributed by atoms with Crippen molar-refractivity contribution in [1.29, 1.82) is 5.26 Å². The maximum atomic E-state index is 12.6. The zero-order valence-corrected chi connectivity index (χ0v) is 8.98. The van der Waals surface area contributed by atoms with Crippen molar-refractivity contribution in [2.75, 3.05) is 0 Å². The molecule has 0 spiro atoms. The van der Waals surface area contributed by atoms with E-state index in [-0.39, 0.29) is 0 Å². The summed E-state index contributed by atoms with van der Waals surface area (Å²) in [6.07, 6.45) is -8.24. The molecule has 1 rings (SSSR count). The highest BCUT2D eigenvalue weighted by molar-refractivity contribution is 5.94. The highest BCUT2D eigenvalue weighted by atomic mass is 19.4. The van der Waals surface area contributed by atoms with Crippen LogP contribution in [0.1, 0.15) is 40.4 Å². The quantitative estimate of drug-likeness (QED) is 0.602. The second kappa shape index (κ2) is 4.72. The smallest absolute Gasteiger partial charge is 0.295 e. The molecule has 0 radical (unpaired) electrons. The zero-order chi connectivity index (χ0) is 14.1. The number of alkyl halides is 5. The molecule has 0 N–H and O–H groups in total. The molecule has 0 amide bonds. The van der Waals surface area contributed by atoms with Crippen molar-refractivity contribution in [3.05, 3.63) is 34.4 Å². The van der Waals surface area contributed by atoms with Crippen molar-refractivity contribution in [3.8, 4) is 6.07 Å². The van der Waals surface area contributed by atoms with Gasteiger partial charge in [-0.25, -0.2) is 8.78 Å². The summed E-state index contributed by atoms with van der Waals surface area (Å²) in [6.45, 7) is 0.955. The molecule has 18 heavy (non-hydrogen) atoms. The van der Waals surface area contributed by atoms with Crippen molar-refractivity contribution in [1.82, 2.24) is 0 Å². The van der Waals surface area contributed by atoms with E-state index in [1.807, 2.05) is 0 Å². The molecule has 96 valence electrons. The lowest BCUT2D eigenvalue weighted by atomic mass is 9.96. The molecule has 1 aromatic rings. The van der Waals surface area contributed by atoms with Crippen molar-refractivity contribution >= 4 is 5.78 Å². The molecule has 0 heterocycles. The Morgan fingerprint density at radius 2 is 1.89 bits per heavy atom. The minimum absolute atomic E-state index is 0.409. The number of rotatable bonds is 2. The van der Waals surface area contributed by atoms with Gasteiger partial charge < -0.3 is 0 Å². The first-order chi connectivity index (χ1) is 8.18. The van der Waals surface area contributed by atoms with E-state index < -0.39 is 40.6 Å². The predicted octanol–water partition coefficient (Wildman–Crippen LogP) is 3.72. The van der Waals surface area contributed by atoms with Crippen molar-refractivity contribution in [3.63, 3.8) is 0 Å². The fraction of sp³-hybridized carbons (Fsp3) is 0.273. The van der Waals surface area contributed by atoms with Crippen LogP contribution in [-0.4, -0.2) is 5.78 Å². The van der Waals surface area contributed by atoms with E-state index in [2.05, 4.69) is 0 Å². The van der Waals surface area contributed by atoms with Crippen LogP contribution >= 0.6 is 0 Å². The maximum Gasteiger partial charge on any atom is 0.417 e. The Balaban J connectivity index is 3.69. The monoisotopic (exact) mass is 263 g/mol. The average molecular weight is 263 g/mol. The van der Waals surface area contributed by atoms with Gasteiger partial charge in [-0.1, -0.05) is 0 Å². The number of nitriles is 1. The first-order valence-electron chi connectivity index (χ1n) is 4.62. The first kappa shape index (κ1) is 14.1. The van der Waals surface area contributed by atoms with Crippen molar-refractivity contribution in [2.45, 2.75) is 19.5 Å². The van der Waals surface area contributed by atoms with Crippen LogP contribution in [-0.2, 0) is 6.18 Å². The van der Waals surface area contributed by atoms with E-state index >= 15 is 0 Å². The van der Waals surface area contributed by atoms with Gasteiger partial charge in [0, 0.05) is 11.1 Å². The van der Waals surface area contributed by atoms with Crippen LogP contribution in [0.5, 0.6) is 0 Å². The SMILES string of the molecule is CC(=O)c1cc(C(F)F)c(C#N)c(C(F)(F)F)c1. The molecular weight excluding hydrogens is 257 g/mol. The number of nitrogens with zero attached hydrogens (tertiary/aromatic N) is 1. The van der Waals surface area contributed by atoms with Crippen molar-refractivity contribution < 1.29 is 26.7 Å². The molecule has 0 fully saturated rings. The lowest BCUT2D eigenvalue weighted by molar-refractivity contribution is -0.137. The van der Waals surface area contributed by atoms with Gasteiger partial charge in [0.2, 0.25) is 0 Å². The summed E-state index contributed by atoms with van der Waals surface area (Å²) >= 11 is 0. The standard InChI is InChI=1S/C11H6F5NO/c1-5(18)6-2-7(10(12)13)8(4-17)9(3-6)11(14,15)16/h2-3,10H,1H3. The Hall–Kier alpha value is -1.97. The lowest BCUT2D eigenvalue weighted by Crippen LogP contribution is -2.12. The summed E-state index contributed by atoms with van der Waals surface area (Å²) in [7, 11) is 0. The highest BCUT2D eigenvalue weighted by Crippen LogP contribution is 2.36. The lowest BCUT2D eigenvalue weighted by Gasteiger charge is -2.13. The largest absolute Gasteiger partial charge is 0.417 e. The van der Waals surface area contributed by atoms with Crippen LogP contribution in [0.25, 0.3) is 0 Å². The van der Waals surface area contributed by atoms with Gasteiger partial charge >= 0.3 is 6.18 Å². The Morgan fingerprint density at radius 1 is 1.33 bits per heavy atom. The van der Waals surface area contributed by atoms with Gasteiger partial charge in [0.15, 0.2) is 5.78 Å². The van der Waals surface area contributed by atoms with Crippen LogP contribution in [0.15, 0.2) is 12.1 Å². The Labute approximate surface area is 98.6 Å². The van der Waals surface area contributed by atoms with Crippen LogP contribution < -0.4 is 0 Å². The summed E-state index contributed by atoms with van der Waals surface area (Å²) in [6, 6.07) is 2.13. The second-order valence-corrected chi connectivity index (χ2v) is 3.45. The van der Waals surface area contributed by atoms with Gasteiger partial charge in [0.25, 0.3) is 6.43 Å². The Kier molecular flexibility index (Phi) is 3.70. The number of carbonyl (C=O) groups excluding carboxylic acids is 1. The third-order valence-electron chi connectivity index (χ3n) is 2.23. The number of carbonyl (C=O) groups is 1. The molecule has 0 aliphatic rings. The maximum absolute atomic E-state index is 12.6. The van der Waals surface area contributed by atoms with Crippen LogP contribution in [0.3, 0.4) is 0 Å². The van der Waals surface area contributed by atoms with Crippen LogP contribution in [0, 0.1) is 11.3 Å².